The van der Waals surface area contributed by atoms with Crippen molar-refractivity contribution in [1.82, 2.24) is 20.3 Å². The Kier molecular flexibility index (Phi) is 7.31. The summed E-state index contributed by atoms with van der Waals surface area (Å²) in [6.07, 6.45) is 1.69. The topological polar surface area (TPSA) is 93.3 Å². The average Bonchev–Trinajstić information content (AvgIpc) is 3.13. The van der Waals surface area contributed by atoms with Crippen molar-refractivity contribution >= 4 is 22.6 Å². The van der Waals surface area contributed by atoms with Gasteiger partial charge in [-0.2, -0.15) is 0 Å². The van der Waals surface area contributed by atoms with Gasteiger partial charge in [0.1, 0.15) is 16.8 Å². The van der Waals surface area contributed by atoms with Gasteiger partial charge in [-0.15, -0.1) is 5.10 Å². The number of carbonyl (C=O) groups is 1. The van der Waals surface area contributed by atoms with Crippen molar-refractivity contribution in [2.75, 3.05) is 18.0 Å². The molecule has 0 aliphatic heterocycles. The van der Waals surface area contributed by atoms with Gasteiger partial charge in [-0.3, -0.25) is 9.48 Å². The van der Waals surface area contributed by atoms with Crippen LogP contribution in [0.2, 0.25) is 0 Å². The summed E-state index contributed by atoms with van der Waals surface area (Å²) in [4.78, 5) is 26.7. The molecule has 3 aromatic rings. The second kappa shape index (κ2) is 9.68. The number of anilines is 1. The highest BCUT2D eigenvalue weighted by atomic mass is 16.4. The highest BCUT2D eigenvalue weighted by Gasteiger charge is 2.15. The highest BCUT2D eigenvalue weighted by molar-refractivity contribution is 5.96. The van der Waals surface area contributed by atoms with E-state index in [-0.39, 0.29) is 12.1 Å². The summed E-state index contributed by atoms with van der Waals surface area (Å²) >= 11 is 0. The first-order valence-electron chi connectivity index (χ1n) is 9.48. The number of fused-ring (bicyclic) bond motifs is 1. The molecule has 1 N–H and O–H groups in total. The number of benzene rings is 1. The van der Waals surface area contributed by atoms with Crippen LogP contribution in [0.25, 0.3) is 11.0 Å². The van der Waals surface area contributed by atoms with Gasteiger partial charge in [-0.1, -0.05) is 19.1 Å². The minimum absolute atomic E-state index is 0.0306. The quantitative estimate of drug-likeness (QED) is 0.656. The summed E-state index contributed by atoms with van der Waals surface area (Å²) in [5.41, 5.74) is 1.35. The standard InChI is InChI=1S/C18H21N5O3.C2H6/c1-4-23(5-2)14-7-6-12-8-15(18(25)26-16(12)9-14)17(24)19-10-13-11-22(3)21-20-13;1-2/h6-9,11H,4-5,10H2,1-3H3,(H,19,24);1-2H3. The molecule has 8 heteroatoms. The van der Waals surface area contributed by atoms with Gasteiger partial charge in [0.15, 0.2) is 0 Å². The van der Waals surface area contributed by atoms with Gasteiger partial charge >= 0.3 is 5.63 Å². The lowest BCUT2D eigenvalue weighted by molar-refractivity contribution is 0.0947. The van der Waals surface area contributed by atoms with Crippen molar-refractivity contribution < 1.29 is 9.21 Å². The van der Waals surface area contributed by atoms with Crippen LogP contribution < -0.4 is 15.8 Å². The molecule has 0 atom stereocenters. The van der Waals surface area contributed by atoms with Gasteiger partial charge in [-0.05, 0) is 32.0 Å². The van der Waals surface area contributed by atoms with Crippen molar-refractivity contribution in [1.29, 1.82) is 0 Å². The van der Waals surface area contributed by atoms with E-state index in [4.69, 9.17) is 4.42 Å². The van der Waals surface area contributed by atoms with Crippen LogP contribution in [0.15, 0.2) is 39.7 Å². The summed E-state index contributed by atoms with van der Waals surface area (Å²) in [6, 6.07) is 7.19. The van der Waals surface area contributed by atoms with Crippen molar-refractivity contribution in [3.05, 3.63) is 52.1 Å². The van der Waals surface area contributed by atoms with Crippen molar-refractivity contribution in [2.24, 2.45) is 7.05 Å². The van der Waals surface area contributed by atoms with Gasteiger partial charge < -0.3 is 14.6 Å². The van der Waals surface area contributed by atoms with Crippen LogP contribution in [0.3, 0.4) is 0 Å². The molecule has 1 aromatic carbocycles. The van der Waals surface area contributed by atoms with Crippen LogP contribution in [0.5, 0.6) is 0 Å². The first-order chi connectivity index (χ1) is 13.5. The predicted molar refractivity (Wildman–Crippen MR) is 110 cm³/mol. The number of hydrogen-bond acceptors (Lipinski definition) is 6. The molecular weight excluding hydrogens is 358 g/mol. The Morgan fingerprint density at radius 2 is 1.93 bits per heavy atom. The number of aryl methyl sites for hydroxylation is 1. The molecule has 0 fully saturated rings. The molecule has 0 saturated heterocycles. The first-order valence-corrected chi connectivity index (χ1v) is 9.48. The van der Waals surface area contributed by atoms with Crippen LogP contribution in [0.1, 0.15) is 43.7 Å². The molecule has 0 unspecified atom stereocenters. The Morgan fingerprint density at radius 1 is 1.21 bits per heavy atom. The highest BCUT2D eigenvalue weighted by Crippen LogP contribution is 2.21. The molecule has 0 aliphatic rings. The molecule has 0 bridgehead atoms. The number of aromatic nitrogens is 3. The SMILES string of the molecule is CC.CCN(CC)c1ccc2cc(C(=O)NCc3cn(C)nn3)c(=O)oc2c1. The third-order valence-corrected chi connectivity index (χ3v) is 4.17. The number of nitrogens with zero attached hydrogens (tertiary/aromatic N) is 4. The number of amides is 1. The molecule has 1 amide bonds. The van der Waals surface area contributed by atoms with Crippen LogP contribution in [-0.2, 0) is 13.6 Å². The van der Waals surface area contributed by atoms with E-state index < -0.39 is 11.5 Å². The number of hydrogen-bond donors (Lipinski definition) is 1. The van der Waals surface area contributed by atoms with Gasteiger partial charge in [0, 0.05) is 43.5 Å². The van der Waals surface area contributed by atoms with Gasteiger partial charge in [-0.25, -0.2) is 4.79 Å². The number of nitrogens with one attached hydrogen (secondary N) is 1. The van der Waals surface area contributed by atoms with E-state index >= 15 is 0 Å². The van der Waals surface area contributed by atoms with Gasteiger partial charge in [0.05, 0.1) is 6.54 Å². The number of carbonyl (C=O) groups excluding carboxylic acids is 1. The molecule has 0 radical (unpaired) electrons. The zero-order valence-electron chi connectivity index (χ0n) is 17.0. The molecule has 2 aromatic heterocycles. The Morgan fingerprint density at radius 3 is 2.54 bits per heavy atom. The van der Waals surface area contributed by atoms with E-state index in [1.807, 2.05) is 32.0 Å². The summed E-state index contributed by atoms with van der Waals surface area (Å²) in [6.45, 7) is 10.0. The van der Waals surface area contributed by atoms with Crippen LogP contribution >= 0.6 is 0 Å². The second-order valence-electron chi connectivity index (χ2n) is 5.91. The number of rotatable bonds is 6. The van der Waals surface area contributed by atoms with Crippen molar-refractivity contribution in [3.8, 4) is 0 Å². The van der Waals surface area contributed by atoms with E-state index in [0.717, 1.165) is 18.8 Å². The van der Waals surface area contributed by atoms with Crippen LogP contribution in [-0.4, -0.2) is 34.0 Å². The fourth-order valence-corrected chi connectivity index (χ4v) is 2.79. The molecule has 0 saturated carbocycles. The van der Waals surface area contributed by atoms with Crippen LogP contribution in [0.4, 0.5) is 5.69 Å². The summed E-state index contributed by atoms with van der Waals surface area (Å²) in [5, 5.41) is 11.0. The maximum absolute atomic E-state index is 12.3. The summed E-state index contributed by atoms with van der Waals surface area (Å²) < 4.78 is 6.92. The molecule has 0 aliphatic carbocycles. The maximum atomic E-state index is 12.3. The Bertz CT molecular complexity index is 989. The molecule has 150 valence electrons. The second-order valence-corrected chi connectivity index (χ2v) is 5.91. The summed E-state index contributed by atoms with van der Waals surface area (Å²) in [7, 11) is 1.74. The van der Waals surface area contributed by atoms with E-state index in [1.54, 1.807) is 24.0 Å². The minimum Gasteiger partial charge on any atom is -0.422 e. The Hall–Kier alpha value is -3.16. The fourth-order valence-electron chi connectivity index (χ4n) is 2.79. The molecule has 0 spiro atoms. The zero-order valence-corrected chi connectivity index (χ0v) is 17.0. The fraction of sp³-hybridized carbons (Fsp3) is 0.400. The van der Waals surface area contributed by atoms with E-state index in [2.05, 4.69) is 34.4 Å². The van der Waals surface area contributed by atoms with Crippen LogP contribution in [0, 0.1) is 0 Å². The van der Waals surface area contributed by atoms with Crippen molar-refractivity contribution in [3.63, 3.8) is 0 Å². The maximum Gasteiger partial charge on any atom is 0.349 e. The zero-order chi connectivity index (χ0) is 20.7. The molecule has 3 rings (SSSR count). The molecule has 28 heavy (non-hydrogen) atoms. The van der Waals surface area contributed by atoms with E-state index in [1.165, 1.54) is 0 Å². The lowest BCUT2D eigenvalue weighted by Gasteiger charge is -2.20. The van der Waals surface area contributed by atoms with Crippen molar-refractivity contribution in [2.45, 2.75) is 34.2 Å². The molecule has 2 heterocycles. The third kappa shape index (κ3) is 4.76. The Labute approximate surface area is 164 Å². The van der Waals surface area contributed by atoms with E-state index in [0.29, 0.717) is 16.7 Å². The average molecular weight is 385 g/mol. The predicted octanol–water partition coefficient (Wildman–Crippen LogP) is 2.72. The summed E-state index contributed by atoms with van der Waals surface area (Å²) in [5.74, 6) is -0.501. The monoisotopic (exact) mass is 385 g/mol. The normalized spacial score (nSPS) is 10.3. The molecular formula is C20H27N5O3. The van der Waals surface area contributed by atoms with Gasteiger partial charge in [0.2, 0.25) is 0 Å². The minimum atomic E-state index is -0.661. The Balaban J connectivity index is 0.00000136. The third-order valence-electron chi connectivity index (χ3n) is 4.17. The first kappa shape index (κ1) is 21.1. The van der Waals surface area contributed by atoms with Gasteiger partial charge in [0.25, 0.3) is 5.91 Å². The smallest absolute Gasteiger partial charge is 0.349 e. The van der Waals surface area contributed by atoms with E-state index in [9.17, 15) is 9.59 Å². The lowest BCUT2D eigenvalue weighted by Crippen LogP contribution is -2.28. The molecule has 8 nitrogen and oxygen atoms in total. The lowest BCUT2D eigenvalue weighted by atomic mass is 10.1. The largest absolute Gasteiger partial charge is 0.422 e.